The van der Waals surface area contributed by atoms with Crippen LogP contribution in [0.15, 0.2) is 24.3 Å². The van der Waals surface area contributed by atoms with Gasteiger partial charge < -0.3 is 4.90 Å². The first-order chi connectivity index (χ1) is 7.79. The summed E-state index contributed by atoms with van der Waals surface area (Å²) in [5.74, 6) is 0.747. The molecule has 0 spiro atoms. The van der Waals surface area contributed by atoms with Gasteiger partial charge in [0.25, 0.3) is 0 Å². The molecule has 0 aromatic heterocycles. The highest BCUT2D eigenvalue weighted by Crippen LogP contribution is 2.22. The number of benzene rings is 1. The van der Waals surface area contributed by atoms with Crippen molar-refractivity contribution in [3.63, 3.8) is 0 Å². The molecule has 1 saturated heterocycles. The minimum atomic E-state index is 0.747. The number of hydrogen-bond donors (Lipinski definition) is 0. The summed E-state index contributed by atoms with van der Waals surface area (Å²) in [6.45, 7) is 2.38. The van der Waals surface area contributed by atoms with Crippen molar-refractivity contribution in [1.29, 1.82) is 0 Å². The van der Waals surface area contributed by atoms with Gasteiger partial charge in [0.15, 0.2) is 0 Å². The van der Waals surface area contributed by atoms with Crippen molar-refractivity contribution in [3.05, 3.63) is 35.4 Å². The molecule has 86 valence electrons. The third kappa shape index (κ3) is 2.70. The van der Waals surface area contributed by atoms with Crippen molar-refractivity contribution in [1.82, 2.24) is 4.90 Å². The number of hydrogen-bond acceptors (Lipinski definition) is 2. The lowest BCUT2D eigenvalue weighted by atomic mass is 9.89. The van der Waals surface area contributed by atoms with Gasteiger partial charge in [0.05, 0.1) is 0 Å². The number of likely N-dealkylation sites (tertiary alicyclic amines) is 1. The van der Waals surface area contributed by atoms with E-state index < -0.39 is 0 Å². The lowest BCUT2D eigenvalue weighted by molar-refractivity contribution is 0.112. The van der Waals surface area contributed by atoms with Crippen LogP contribution in [0.4, 0.5) is 0 Å². The second-order valence-electron chi connectivity index (χ2n) is 4.77. The normalized spacial score (nSPS) is 18.6. The molecule has 16 heavy (non-hydrogen) atoms. The molecule has 0 unspecified atom stereocenters. The Morgan fingerprint density at radius 2 is 2.00 bits per heavy atom. The predicted molar refractivity (Wildman–Crippen MR) is 65.8 cm³/mol. The van der Waals surface area contributed by atoms with E-state index in [1.54, 1.807) is 0 Å². The van der Waals surface area contributed by atoms with Crippen molar-refractivity contribution >= 4 is 6.29 Å². The van der Waals surface area contributed by atoms with Crippen LogP contribution < -0.4 is 0 Å². The molecular formula is C14H19NO. The fourth-order valence-corrected chi connectivity index (χ4v) is 2.41. The maximum atomic E-state index is 10.9. The number of nitrogens with zero attached hydrogens (tertiary/aromatic N) is 1. The average molecular weight is 217 g/mol. The number of piperidine rings is 1. The van der Waals surface area contributed by atoms with E-state index in [0.29, 0.717) is 0 Å². The van der Waals surface area contributed by atoms with Gasteiger partial charge in [-0.3, -0.25) is 4.79 Å². The Balaban J connectivity index is 2.00. The van der Waals surface area contributed by atoms with Crippen LogP contribution in [0.1, 0.15) is 28.8 Å². The maximum absolute atomic E-state index is 10.9. The zero-order chi connectivity index (χ0) is 11.4. The second kappa shape index (κ2) is 5.26. The molecule has 2 heteroatoms. The van der Waals surface area contributed by atoms with E-state index in [1.807, 2.05) is 18.2 Å². The summed E-state index contributed by atoms with van der Waals surface area (Å²) in [5, 5.41) is 0. The van der Waals surface area contributed by atoms with Crippen LogP contribution in [0.3, 0.4) is 0 Å². The molecule has 1 heterocycles. The summed E-state index contributed by atoms with van der Waals surface area (Å²) in [6, 6.07) is 7.96. The van der Waals surface area contributed by atoms with Crippen LogP contribution in [0.2, 0.25) is 0 Å². The third-order valence-corrected chi connectivity index (χ3v) is 3.53. The fraction of sp³-hybridized carbons (Fsp3) is 0.500. The Kier molecular flexibility index (Phi) is 3.73. The van der Waals surface area contributed by atoms with Gasteiger partial charge in [-0.1, -0.05) is 24.3 Å². The molecular weight excluding hydrogens is 198 g/mol. The van der Waals surface area contributed by atoms with Crippen LogP contribution in [-0.4, -0.2) is 31.3 Å². The molecule has 1 aliphatic rings. The lowest BCUT2D eigenvalue weighted by Crippen LogP contribution is -2.31. The van der Waals surface area contributed by atoms with Crippen molar-refractivity contribution in [3.8, 4) is 0 Å². The Bertz CT molecular complexity index is 354. The minimum Gasteiger partial charge on any atom is -0.306 e. The smallest absolute Gasteiger partial charge is 0.150 e. The monoisotopic (exact) mass is 217 g/mol. The van der Waals surface area contributed by atoms with Gasteiger partial charge in [0.2, 0.25) is 0 Å². The molecule has 0 saturated carbocycles. The van der Waals surface area contributed by atoms with Crippen LogP contribution in [0.5, 0.6) is 0 Å². The first-order valence-corrected chi connectivity index (χ1v) is 6.01. The van der Waals surface area contributed by atoms with E-state index in [4.69, 9.17) is 0 Å². The first-order valence-electron chi connectivity index (χ1n) is 6.01. The van der Waals surface area contributed by atoms with Crippen molar-refractivity contribution in [2.75, 3.05) is 20.1 Å². The van der Waals surface area contributed by atoms with Crippen LogP contribution in [-0.2, 0) is 6.42 Å². The fourth-order valence-electron chi connectivity index (χ4n) is 2.41. The summed E-state index contributed by atoms with van der Waals surface area (Å²) in [4.78, 5) is 13.3. The highest BCUT2D eigenvalue weighted by atomic mass is 16.1. The Labute approximate surface area is 97.3 Å². The second-order valence-corrected chi connectivity index (χ2v) is 4.77. The maximum Gasteiger partial charge on any atom is 0.150 e. The molecule has 1 fully saturated rings. The van der Waals surface area contributed by atoms with Gasteiger partial charge >= 0.3 is 0 Å². The summed E-state index contributed by atoms with van der Waals surface area (Å²) < 4.78 is 0. The van der Waals surface area contributed by atoms with Crippen molar-refractivity contribution < 1.29 is 4.79 Å². The van der Waals surface area contributed by atoms with Gasteiger partial charge in [-0.15, -0.1) is 0 Å². The van der Waals surface area contributed by atoms with E-state index in [9.17, 15) is 4.79 Å². The highest BCUT2D eigenvalue weighted by molar-refractivity contribution is 5.77. The van der Waals surface area contributed by atoms with Gasteiger partial charge in [-0.05, 0) is 50.9 Å². The standard InChI is InChI=1S/C14H19NO/c1-15-8-6-12(7-9-15)10-13-4-2-3-5-14(13)11-16/h2-5,11-12H,6-10H2,1H3. The van der Waals surface area contributed by atoms with Crippen LogP contribution >= 0.6 is 0 Å². The van der Waals surface area contributed by atoms with Crippen LogP contribution in [0, 0.1) is 5.92 Å². The van der Waals surface area contributed by atoms with Gasteiger partial charge in [0.1, 0.15) is 6.29 Å². The average Bonchev–Trinajstić information content (AvgIpc) is 2.33. The number of rotatable bonds is 3. The zero-order valence-corrected chi connectivity index (χ0v) is 9.86. The Morgan fingerprint density at radius 3 is 2.69 bits per heavy atom. The molecule has 0 radical (unpaired) electrons. The molecule has 2 nitrogen and oxygen atoms in total. The highest BCUT2D eigenvalue weighted by Gasteiger charge is 2.17. The minimum absolute atomic E-state index is 0.747. The Hall–Kier alpha value is -1.15. The summed E-state index contributed by atoms with van der Waals surface area (Å²) in [7, 11) is 2.18. The molecule has 2 rings (SSSR count). The lowest BCUT2D eigenvalue weighted by Gasteiger charge is -2.29. The van der Waals surface area contributed by atoms with Crippen LogP contribution in [0.25, 0.3) is 0 Å². The van der Waals surface area contributed by atoms with Gasteiger partial charge in [-0.25, -0.2) is 0 Å². The van der Waals surface area contributed by atoms with Gasteiger partial charge in [0, 0.05) is 5.56 Å². The quantitative estimate of drug-likeness (QED) is 0.725. The first kappa shape index (κ1) is 11.3. The molecule has 1 aromatic carbocycles. The molecule has 1 aromatic rings. The summed E-state index contributed by atoms with van der Waals surface area (Å²) in [6.07, 6.45) is 4.54. The van der Waals surface area contributed by atoms with Gasteiger partial charge in [-0.2, -0.15) is 0 Å². The number of carbonyl (C=O) groups excluding carboxylic acids is 1. The van der Waals surface area contributed by atoms with Crippen molar-refractivity contribution in [2.24, 2.45) is 5.92 Å². The Morgan fingerprint density at radius 1 is 1.31 bits per heavy atom. The van der Waals surface area contributed by atoms with E-state index in [-0.39, 0.29) is 0 Å². The zero-order valence-electron chi connectivity index (χ0n) is 9.86. The largest absolute Gasteiger partial charge is 0.306 e. The molecule has 0 bridgehead atoms. The van der Waals surface area contributed by atoms with E-state index in [2.05, 4.69) is 18.0 Å². The summed E-state index contributed by atoms with van der Waals surface area (Å²) >= 11 is 0. The van der Waals surface area contributed by atoms with E-state index >= 15 is 0 Å². The van der Waals surface area contributed by atoms with E-state index in [0.717, 1.165) is 24.2 Å². The predicted octanol–water partition coefficient (Wildman–Crippen LogP) is 2.38. The SMILES string of the molecule is CN1CCC(Cc2ccccc2C=O)CC1. The molecule has 1 aliphatic heterocycles. The van der Waals surface area contributed by atoms with Crippen molar-refractivity contribution in [2.45, 2.75) is 19.3 Å². The molecule has 0 aliphatic carbocycles. The molecule has 0 N–H and O–H groups in total. The topological polar surface area (TPSA) is 20.3 Å². The number of carbonyl (C=O) groups is 1. The molecule has 0 amide bonds. The molecule has 0 atom stereocenters. The summed E-state index contributed by atoms with van der Waals surface area (Å²) in [5.41, 5.74) is 2.08. The third-order valence-electron chi connectivity index (χ3n) is 3.53. The number of aldehydes is 1. The van der Waals surface area contributed by atoms with E-state index in [1.165, 1.54) is 31.5 Å².